The van der Waals surface area contributed by atoms with Crippen molar-refractivity contribution in [3.05, 3.63) is 65.4 Å². The average Bonchev–Trinajstić information content (AvgIpc) is 2.66. The van der Waals surface area contributed by atoms with Gasteiger partial charge in [0.2, 0.25) is 0 Å². The van der Waals surface area contributed by atoms with Crippen LogP contribution in [0.3, 0.4) is 0 Å². The number of hydrogen-bond acceptors (Lipinski definition) is 4. The number of aryl methyl sites for hydroxylation is 1. The van der Waals surface area contributed by atoms with Gasteiger partial charge in [-0.25, -0.2) is 0 Å². The van der Waals surface area contributed by atoms with E-state index >= 15 is 0 Å². The molecule has 0 fully saturated rings. The molecule has 3 rings (SSSR count). The fourth-order valence-electron chi connectivity index (χ4n) is 2.92. The highest BCUT2D eigenvalue weighted by Crippen LogP contribution is 2.22. The number of methoxy groups -OCH3 is 1. The van der Waals surface area contributed by atoms with Gasteiger partial charge < -0.3 is 15.4 Å². The number of anilines is 1. The molecule has 0 atom stereocenters. The van der Waals surface area contributed by atoms with Crippen molar-refractivity contribution in [1.29, 1.82) is 0 Å². The molecule has 0 aliphatic heterocycles. The van der Waals surface area contributed by atoms with Crippen LogP contribution in [0.4, 0.5) is 5.69 Å². The molecule has 0 spiro atoms. The van der Waals surface area contributed by atoms with Crippen LogP contribution in [0, 0.1) is 6.92 Å². The van der Waals surface area contributed by atoms with Crippen molar-refractivity contribution in [1.82, 2.24) is 10.3 Å². The Balaban J connectivity index is 1.79. The van der Waals surface area contributed by atoms with Crippen LogP contribution in [-0.2, 0) is 0 Å². The second-order valence-corrected chi connectivity index (χ2v) is 7.92. The number of benzene rings is 2. The number of aromatic nitrogens is 1. The van der Waals surface area contributed by atoms with Crippen LogP contribution in [0.25, 0.3) is 10.9 Å². The molecule has 2 aromatic carbocycles. The maximum Gasteiger partial charge on any atom is 0.257 e. The number of rotatable bonds is 4. The summed E-state index contributed by atoms with van der Waals surface area (Å²) in [7, 11) is 1.60. The van der Waals surface area contributed by atoms with Gasteiger partial charge in [-0.15, -0.1) is 0 Å². The minimum Gasteiger partial charge on any atom is -0.497 e. The minimum atomic E-state index is -0.312. The monoisotopic (exact) mass is 391 g/mol. The molecule has 150 valence electrons. The molecule has 0 saturated heterocycles. The summed E-state index contributed by atoms with van der Waals surface area (Å²) in [6, 6.07) is 14.2. The Morgan fingerprint density at radius 1 is 0.966 bits per heavy atom. The summed E-state index contributed by atoms with van der Waals surface area (Å²) < 4.78 is 5.25. The van der Waals surface area contributed by atoms with E-state index in [-0.39, 0.29) is 17.4 Å². The Kier molecular flexibility index (Phi) is 5.55. The van der Waals surface area contributed by atoms with E-state index < -0.39 is 0 Å². The number of nitrogens with zero attached hydrogens (tertiary/aromatic N) is 1. The van der Waals surface area contributed by atoms with Crippen LogP contribution >= 0.6 is 0 Å². The van der Waals surface area contributed by atoms with Crippen LogP contribution in [0.1, 0.15) is 47.2 Å². The molecule has 0 saturated carbocycles. The lowest BCUT2D eigenvalue weighted by Crippen LogP contribution is -2.40. The van der Waals surface area contributed by atoms with Crippen LogP contribution in [0.2, 0.25) is 0 Å². The fraction of sp³-hybridized carbons (Fsp3) is 0.261. The Bertz CT molecular complexity index is 1070. The Labute approximate surface area is 170 Å². The van der Waals surface area contributed by atoms with Crippen LogP contribution in [0.15, 0.2) is 48.5 Å². The molecule has 0 bridgehead atoms. The summed E-state index contributed by atoms with van der Waals surface area (Å²) in [6.07, 6.45) is 0. The van der Waals surface area contributed by atoms with E-state index in [0.29, 0.717) is 28.3 Å². The van der Waals surface area contributed by atoms with Gasteiger partial charge in [-0.3, -0.25) is 14.6 Å². The third-order valence-electron chi connectivity index (χ3n) is 4.35. The summed E-state index contributed by atoms with van der Waals surface area (Å²) in [4.78, 5) is 29.5. The van der Waals surface area contributed by atoms with Gasteiger partial charge in [0.25, 0.3) is 11.8 Å². The van der Waals surface area contributed by atoms with Crippen molar-refractivity contribution in [2.45, 2.75) is 33.2 Å². The van der Waals surface area contributed by atoms with Crippen molar-refractivity contribution in [3.8, 4) is 5.75 Å². The molecule has 1 aromatic heterocycles. The van der Waals surface area contributed by atoms with E-state index in [1.54, 1.807) is 44.4 Å². The predicted octanol–water partition coefficient (Wildman–Crippen LogP) is 4.33. The third kappa shape index (κ3) is 4.90. The number of fused-ring (bicyclic) bond motifs is 1. The molecule has 0 aliphatic rings. The second-order valence-electron chi connectivity index (χ2n) is 7.92. The molecule has 2 N–H and O–H groups in total. The third-order valence-corrected chi connectivity index (χ3v) is 4.35. The highest BCUT2D eigenvalue weighted by atomic mass is 16.5. The number of hydrogen-bond donors (Lipinski definition) is 2. The van der Waals surface area contributed by atoms with Crippen molar-refractivity contribution < 1.29 is 14.3 Å². The van der Waals surface area contributed by atoms with E-state index in [1.165, 1.54) is 0 Å². The van der Waals surface area contributed by atoms with Crippen molar-refractivity contribution in [3.63, 3.8) is 0 Å². The zero-order valence-corrected chi connectivity index (χ0v) is 17.3. The SMILES string of the molecule is COc1ccc2nc(C)c(C(=O)Nc3ccc(C(=O)NC(C)(C)C)cc3)cc2c1. The first-order valence-electron chi connectivity index (χ1n) is 9.35. The van der Waals surface area contributed by atoms with Crippen LogP contribution in [0.5, 0.6) is 5.75 Å². The molecule has 1 heterocycles. The average molecular weight is 391 g/mol. The number of nitrogens with one attached hydrogen (secondary N) is 2. The number of carbonyl (C=O) groups excluding carboxylic acids is 2. The molecule has 6 heteroatoms. The molecule has 0 radical (unpaired) electrons. The highest BCUT2D eigenvalue weighted by Gasteiger charge is 2.16. The molecule has 6 nitrogen and oxygen atoms in total. The molecule has 3 aromatic rings. The summed E-state index contributed by atoms with van der Waals surface area (Å²) in [5.74, 6) is 0.296. The maximum atomic E-state index is 12.8. The van der Waals surface area contributed by atoms with Gasteiger partial charge >= 0.3 is 0 Å². The van der Waals surface area contributed by atoms with E-state index in [4.69, 9.17) is 4.74 Å². The van der Waals surface area contributed by atoms with Crippen molar-refractivity contribution >= 4 is 28.4 Å². The Morgan fingerprint density at radius 2 is 1.66 bits per heavy atom. The van der Waals surface area contributed by atoms with E-state index in [9.17, 15) is 9.59 Å². The first-order valence-corrected chi connectivity index (χ1v) is 9.35. The molecular weight excluding hydrogens is 366 g/mol. The quantitative estimate of drug-likeness (QED) is 0.694. The van der Waals surface area contributed by atoms with Crippen molar-refractivity contribution in [2.75, 3.05) is 12.4 Å². The summed E-state index contributed by atoms with van der Waals surface area (Å²) in [5.41, 5.74) is 2.75. The molecular formula is C23H25N3O3. The van der Waals surface area contributed by atoms with E-state index in [0.717, 1.165) is 10.9 Å². The lowest BCUT2D eigenvalue weighted by atomic mass is 10.1. The standard InChI is InChI=1S/C23H25N3O3/c1-14-19(13-16-12-18(29-5)10-11-20(16)24-14)22(28)25-17-8-6-15(7-9-17)21(27)26-23(2,3)4/h6-13H,1-5H3,(H,25,28)(H,26,27). The first kappa shape index (κ1) is 20.3. The van der Waals surface area contributed by atoms with Gasteiger partial charge in [0.1, 0.15) is 5.75 Å². The zero-order chi connectivity index (χ0) is 21.2. The second kappa shape index (κ2) is 7.91. The van der Waals surface area contributed by atoms with Gasteiger partial charge in [-0.1, -0.05) is 0 Å². The summed E-state index contributed by atoms with van der Waals surface area (Å²) in [5, 5.41) is 6.60. The minimum absolute atomic E-state index is 0.154. The molecule has 0 unspecified atom stereocenters. The lowest BCUT2D eigenvalue weighted by molar-refractivity contribution is 0.0919. The van der Waals surface area contributed by atoms with Gasteiger partial charge in [-0.2, -0.15) is 0 Å². The Hall–Kier alpha value is -3.41. The topological polar surface area (TPSA) is 80.3 Å². The Morgan fingerprint density at radius 3 is 2.28 bits per heavy atom. The zero-order valence-electron chi connectivity index (χ0n) is 17.3. The number of pyridine rings is 1. The smallest absolute Gasteiger partial charge is 0.257 e. The molecule has 2 amide bonds. The van der Waals surface area contributed by atoms with Gasteiger partial charge in [0.05, 0.1) is 23.9 Å². The van der Waals surface area contributed by atoms with Crippen LogP contribution in [-0.4, -0.2) is 29.4 Å². The normalized spacial score (nSPS) is 11.2. The van der Waals surface area contributed by atoms with Crippen LogP contribution < -0.4 is 15.4 Å². The van der Waals surface area contributed by atoms with Gasteiger partial charge in [0.15, 0.2) is 0 Å². The summed E-state index contributed by atoms with van der Waals surface area (Å²) in [6.45, 7) is 7.58. The maximum absolute atomic E-state index is 12.8. The predicted molar refractivity (Wildman–Crippen MR) is 115 cm³/mol. The summed E-state index contributed by atoms with van der Waals surface area (Å²) >= 11 is 0. The molecule has 29 heavy (non-hydrogen) atoms. The number of amides is 2. The first-order chi connectivity index (χ1) is 13.7. The number of carbonyl (C=O) groups is 2. The van der Waals surface area contributed by atoms with Gasteiger partial charge in [-0.05, 0) is 76.2 Å². The van der Waals surface area contributed by atoms with E-state index in [1.807, 2.05) is 39.0 Å². The van der Waals surface area contributed by atoms with Crippen molar-refractivity contribution in [2.24, 2.45) is 0 Å². The number of ether oxygens (including phenoxy) is 1. The molecule has 0 aliphatic carbocycles. The fourth-order valence-corrected chi connectivity index (χ4v) is 2.92. The largest absolute Gasteiger partial charge is 0.497 e. The lowest BCUT2D eigenvalue weighted by Gasteiger charge is -2.20. The van der Waals surface area contributed by atoms with Gasteiger partial charge in [0, 0.05) is 22.2 Å². The highest BCUT2D eigenvalue weighted by molar-refractivity contribution is 6.07. The van der Waals surface area contributed by atoms with E-state index in [2.05, 4.69) is 15.6 Å².